The largest absolute Gasteiger partial charge is 0.334 e. The summed E-state index contributed by atoms with van der Waals surface area (Å²) < 4.78 is 2.22. The van der Waals surface area contributed by atoms with Crippen molar-refractivity contribution in [3.05, 3.63) is 18.2 Å². The van der Waals surface area contributed by atoms with Gasteiger partial charge in [-0.2, -0.15) is 0 Å². The highest BCUT2D eigenvalue weighted by atomic mass is 15.2. The molecule has 0 bridgehead atoms. The highest BCUT2D eigenvalue weighted by Gasteiger charge is 2.23. The smallest absolute Gasteiger partial charge is 0.122 e. The summed E-state index contributed by atoms with van der Waals surface area (Å²) in [6.07, 6.45) is 6.49. The predicted octanol–water partition coefficient (Wildman–Crippen LogP) is 1.46. The normalized spacial score (nSPS) is 23.8. The minimum Gasteiger partial charge on any atom is -0.334 e. The Balaban J connectivity index is 1.94. The van der Waals surface area contributed by atoms with E-state index in [2.05, 4.69) is 34.5 Å². The zero-order valence-electron chi connectivity index (χ0n) is 11.0. The minimum atomic E-state index is 0.309. The molecule has 0 spiro atoms. The molecule has 96 valence electrons. The SMILES string of the molecule is CCn1ccnc1CN1CCCC(C(C)N)C1. The van der Waals surface area contributed by atoms with E-state index >= 15 is 0 Å². The van der Waals surface area contributed by atoms with Gasteiger partial charge in [-0.1, -0.05) is 0 Å². The molecule has 2 heterocycles. The lowest BCUT2D eigenvalue weighted by Crippen LogP contribution is -2.42. The molecule has 2 rings (SSSR count). The van der Waals surface area contributed by atoms with Gasteiger partial charge in [-0.3, -0.25) is 4.90 Å². The van der Waals surface area contributed by atoms with E-state index in [1.807, 2.05) is 6.20 Å². The molecule has 0 amide bonds. The molecule has 0 aliphatic carbocycles. The van der Waals surface area contributed by atoms with Crippen molar-refractivity contribution < 1.29 is 0 Å². The van der Waals surface area contributed by atoms with Crippen molar-refractivity contribution in [1.29, 1.82) is 0 Å². The van der Waals surface area contributed by atoms with Gasteiger partial charge >= 0.3 is 0 Å². The molecule has 1 fully saturated rings. The number of rotatable bonds is 4. The molecule has 2 N–H and O–H groups in total. The van der Waals surface area contributed by atoms with Crippen LogP contribution in [0.3, 0.4) is 0 Å². The van der Waals surface area contributed by atoms with Crippen LogP contribution in [0, 0.1) is 5.92 Å². The van der Waals surface area contributed by atoms with Gasteiger partial charge in [0.25, 0.3) is 0 Å². The maximum absolute atomic E-state index is 6.01. The third-order valence-corrected chi connectivity index (χ3v) is 3.79. The van der Waals surface area contributed by atoms with Crippen molar-refractivity contribution in [2.24, 2.45) is 11.7 Å². The number of likely N-dealkylation sites (tertiary alicyclic amines) is 1. The zero-order chi connectivity index (χ0) is 12.3. The van der Waals surface area contributed by atoms with Crippen LogP contribution in [0.15, 0.2) is 12.4 Å². The van der Waals surface area contributed by atoms with E-state index in [0.717, 1.165) is 19.6 Å². The van der Waals surface area contributed by atoms with Crippen molar-refractivity contribution in [3.8, 4) is 0 Å². The van der Waals surface area contributed by atoms with E-state index in [9.17, 15) is 0 Å². The number of nitrogens with two attached hydrogens (primary N) is 1. The van der Waals surface area contributed by atoms with Crippen molar-refractivity contribution in [1.82, 2.24) is 14.5 Å². The third-order valence-electron chi connectivity index (χ3n) is 3.79. The van der Waals surface area contributed by atoms with Crippen molar-refractivity contribution in [2.75, 3.05) is 13.1 Å². The number of aryl methyl sites for hydroxylation is 1. The standard InChI is InChI=1S/C13H24N4/c1-3-17-8-6-15-13(17)10-16-7-4-5-12(9-16)11(2)14/h6,8,11-12H,3-5,7,9-10,14H2,1-2H3. The summed E-state index contributed by atoms with van der Waals surface area (Å²) in [5.74, 6) is 1.83. The van der Waals surface area contributed by atoms with E-state index in [4.69, 9.17) is 5.73 Å². The van der Waals surface area contributed by atoms with Gasteiger partial charge in [0, 0.05) is 31.5 Å². The Kier molecular flexibility index (Phi) is 4.18. The molecule has 0 radical (unpaired) electrons. The Labute approximate surface area is 104 Å². The fraction of sp³-hybridized carbons (Fsp3) is 0.769. The first-order chi connectivity index (χ1) is 8.20. The molecule has 0 saturated carbocycles. The summed E-state index contributed by atoms with van der Waals surface area (Å²) in [7, 11) is 0. The predicted molar refractivity (Wildman–Crippen MR) is 69.6 cm³/mol. The monoisotopic (exact) mass is 236 g/mol. The molecule has 17 heavy (non-hydrogen) atoms. The third kappa shape index (κ3) is 3.07. The summed E-state index contributed by atoms with van der Waals surface area (Å²) in [5.41, 5.74) is 6.01. The van der Waals surface area contributed by atoms with E-state index in [-0.39, 0.29) is 0 Å². The fourth-order valence-electron chi connectivity index (χ4n) is 2.64. The molecule has 0 aromatic carbocycles. The van der Waals surface area contributed by atoms with Gasteiger partial charge in [-0.15, -0.1) is 0 Å². The van der Waals surface area contributed by atoms with Crippen LogP contribution in [0.25, 0.3) is 0 Å². The maximum atomic E-state index is 6.01. The van der Waals surface area contributed by atoms with Crippen LogP contribution in [-0.2, 0) is 13.1 Å². The molecular weight excluding hydrogens is 212 g/mol. The second-order valence-corrected chi connectivity index (χ2v) is 5.13. The number of imidazole rings is 1. The number of piperidine rings is 1. The molecule has 2 atom stereocenters. The van der Waals surface area contributed by atoms with Crippen LogP contribution < -0.4 is 5.73 Å². The van der Waals surface area contributed by atoms with E-state index in [0.29, 0.717) is 12.0 Å². The number of aromatic nitrogens is 2. The lowest BCUT2D eigenvalue weighted by Gasteiger charge is -2.34. The number of hydrogen-bond donors (Lipinski definition) is 1. The first-order valence-corrected chi connectivity index (χ1v) is 6.68. The van der Waals surface area contributed by atoms with Gasteiger partial charge in [0.1, 0.15) is 5.82 Å². The lowest BCUT2D eigenvalue weighted by atomic mass is 9.92. The molecule has 4 nitrogen and oxygen atoms in total. The van der Waals surface area contributed by atoms with Gasteiger partial charge in [0.15, 0.2) is 0 Å². The van der Waals surface area contributed by atoms with E-state index in [1.165, 1.54) is 25.2 Å². The topological polar surface area (TPSA) is 47.1 Å². The van der Waals surface area contributed by atoms with Gasteiger partial charge < -0.3 is 10.3 Å². The van der Waals surface area contributed by atoms with Crippen molar-refractivity contribution in [2.45, 2.75) is 45.8 Å². The first kappa shape index (κ1) is 12.6. The average molecular weight is 236 g/mol. The van der Waals surface area contributed by atoms with Crippen LogP contribution >= 0.6 is 0 Å². The van der Waals surface area contributed by atoms with Crippen LogP contribution in [0.5, 0.6) is 0 Å². The summed E-state index contributed by atoms with van der Waals surface area (Å²) in [5, 5.41) is 0. The van der Waals surface area contributed by atoms with Crippen LogP contribution in [-0.4, -0.2) is 33.6 Å². The number of nitrogens with zero attached hydrogens (tertiary/aromatic N) is 3. The summed E-state index contributed by atoms with van der Waals surface area (Å²) >= 11 is 0. The Morgan fingerprint density at radius 3 is 3.12 bits per heavy atom. The Hall–Kier alpha value is -0.870. The molecule has 1 aliphatic heterocycles. The molecule has 1 saturated heterocycles. The molecule has 1 aliphatic rings. The highest BCUT2D eigenvalue weighted by Crippen LogP contribution is 2.20. The minimum absolute atomic E-state index is 0.309. The van der Waals surface area contributed by atoms with Crippen LogP contribution in [0.1, 0.15) is 32.5 Å². The maximum Gasteiger partial charge on any atom is 0.122 e. The van der Waals surface area contributed by atoms with Gasteiger partial charge in [-0.25, -0.2) is 4.98 Å². The van der Waals surface area contributed by atoms with E-state index < -0.39 is 0 Å². The van der Waals surface area contributed by atoms with E-state index in [1.54, 1.807) is 0 Å². The molecule has 1 aromatic rings. The Morgan fingerprint density at radius 1 is 1.59 bits per heavy atom. The molecule has 1 aromatic heterocycles. The van der Waals surface area contributed by atoms with Gasteiger partial charge in [-0.05, 0) is 39.2 Å². The Morgan fingerprint density at radius 2 is 2.41 bits per heavy atom. The zero-order valence-corrected chi connectivity index (χ0v) is 11.0. The summed E-state index contributed by atoms with van der Waals surface area (Å²) in [4.78, 5) is 6.93. The first-order valence-electron chi connectivity index (χ1n) is 6.68. The second-order valence-electron chi connectivity index (χ2n) is 5.13. The second kappa shape index (κ2) is 5.65. The molecule has 4 heteroatoms. The molecular formula is C13H24N4. The van der Waals surface area contributed by atoms with Gasteiger partial charge in [0.05, 0.1) is 6.54 Å². The van der Waals surface area contributed by atoms with Crippen molar-refractivity contribution >= 4 is 0 Å². The Bertz CT molecular complexity index is 345. The van der Waals surface area contributed by atoms with Crippen molar-refractivity contribution in [3.63, 3.8) is 0 Å². The number of hydrogen-bond acceptors (Lipinski definition) is 3. The summed E-state index contributed by atoms with van der Waals surface area (Å²) in [6.45, 7) is 8.55. The average Bonchev–Trinajstić information content (AvgIpc) is 2.76. The summed E-state index contributed by atoms with van der Waals surface area (Å²) in [6, 6.07) is 0.309. The lowest BCUT2D eigenvalue weighted by molar-refractivity contribution is 0.150. The highest BCUT2D eigenvalue weighted by molar-refractivity contribution is 4.93. The molecule has 2 unspecified atom stereocenters. The van der Waals surface area contributed by atoms with Gasteiger partial charge in [0.2, 0.25) is 0 Å². The quantitative estimate of drug-likeness (QED) is 0.861. The van der Waals surface area contributed by atoms with Crippen LogP contribution in [0.2, 0.25) is 0 Å². The fourth-order valence-corrected chi connectivity index (χ4v) is 2.64. The van der Waals surface area contributed by atoms with Crippen LogP contribution in [0.4, 0.5) is 0 Å².